The number of rotatable bonds is 9. The number of para-hydroxylation sites is 2. The summed E-state index contributed by atoms with van der Waals surface area (Å²) in [5.74, 6) is 0.621. The summed E-state index contributed by atoms with van der Waals surface area (Å²) in [6.45, 7) is 0. The first-order valence-electron chi connectivity index (χ1n) is 10.5. The number of hydrazone groups is 2. The van der Waals surface area contributed by atoms with E-state index in [0.29, 0.717) is 34.2 Å². The molecule has 0 radical (unpaired) electrons. The lowest BCUT2D eigenvalue weighted by Crippen LogP contribution is -2.05. The Morgan fingerprint density at radius 1 is 0.743 bits per heavy atom. The van der Waals surface area contributed by atoms with Crippen molar-refractivity contribution in [3.8, 4) is 5.75 Å². The second-order valence-corrected chi connectivity index (χ2v) is 7.07. The summed E-state index contributed by atoms with van der Waals surface area (Å²) >= 11 is 0. The summed E-state index contributed by atoms with van der Waals surface area (Å²) < 4.78 is 33.1. The molecule has 0 saturated carbocycles. The lowest BCUT2D eigenvalue weighted by molar-refractivity contribution is 0.417. The van der Waals surface area contributed by atoms with E-state index >= 15 is 0 Å². The van der Waals surface area contributed by atoms with Crippen LogP contribution in [-0.4, -0.2) is 29.5 Å². The van der Waals surface area contributed by atoms with E-state index < -0.39 is 11.6 Å². The fourth-order valence-electron chi connectivity index (χ4n) is 2.99. The second kappa shape index (κ2) is 11.3. The minimum absolute atomic E-state index is 0.112. The van der Waals surface area contributed by atoms with Crippen LogP contribution in [0.4, 0.5) is 32.1 Å². The standard InChI is InChI=1S/C25H21F2N7O/c1-35-22-13-7-6-12-21(22)30-23-14-24(33-28-15-17-8-2-4-10-19(17)26)32-25(31-23)34-29-16-18-9-3-5-11-20(18)27/h2-16H,1H3,(H3,30,31,32,33,34). The molecule has 3 aromatic carbocycles. The van der Waals surface area contributed by atoms with Gasteiger partial charge in [-0.3, -0.25) is 5.43 Å². The summed E-state index contributed by atoms with van der Waals surface area (Å²) in [6.07, 6.45) is 2.66. The highest BCUT2D eigenvalue weighted by molar-refractivity contribution is 5.81. The van der Waals surface area contributed by atoms with Crippen molar-refractivity contribution in [1.29, 1.82) is 0 Å². The number of ether oxygens (including phenoxy) is 1. The lowest BCUT2D eigenvalue weighted by Gasteiger charge is -2.12. The molecular weight excluding hydrogens is 452 g/mol. The fourth-order valence-corrected chi connectivity index (χ4v) is 2.99. The molecule has 0 amide bonds. The Hall–Kier alpha value is -4.86. The number of methoxy groups -OCH3 is 1. The van der Waals surface area contributed by atoms with E-state index in [4.69, 9.17) is 4.74 Å². The number of anilines is 4. The van der Waals surface area contributed by atoms with Gasteiger partial charge in [0.2, 0.25) is 5.95 Å². The number of hydrogen-bond donors (Lipinski definition) is 3. The number of aromatic nitrogens is 2. The smallest absolute Gasteiger partial charge is 0.247 e. The quantitative estimate of drug-likeness (QED) is 0.223. The summed E-state index contributed by atoms with van der Waals surface area (Å²) in [5.41, 5.74) is 6.74. The highest BCUT2D eigenvalue weighted by atomic mass is 19.1. The van der Waals surface area contributed by atoms with Gasteiger partial charge in [0.1, 0.15) is 23.2 Å². The zero-order chi connectivity index (χ0) is 24.5. The Morgan fingerprint density at radius 2 is 1.31 bits per heavy atom. The number of nitrogens with zero attached hydrogens (tertiary/aromatic N) is 4. The lowest BCUT2D eigenvalue weighted by atomic mass is 10.2. The predicted molar refractivity (Wildman–Crippen MR) is 134 cm³/mol. The van der Waals surface area contributed by atoms with Gasteiger partial charge in [-0.05, 0) is 24.3 Å². The monoisotopic (exact) mass is 473 g/mol. The number of halogens is 2. The van der Waals surface area contributed by atoms with Crippen LogP contribution in [0.5, 0.6) is 5.75 Å². The van der Waals surface area contributed by atoms with Crippen LogP contribution in [0.15, 0.2) is 89.1 Å². The van der Waals surface area contributed by atoms with E-state index in [1.54, 1.807) is 55.6 Å². The van der Waals surface area contributed by atoms with Gasteiger partial charge in [0.05, 0.1) is 25.2 Å². The summed E-state index contributed by atoms with van der Waals surface area (Å²) in [6, 6.07) is 21.4. The molecular formula is C25H21F2N7O. The Kier molecular flexibility index (Phi) is 7.54. The van der Waals surface area contributed by atoms with Gasteiger partial charge < -0.3 is 10.1 Å². The Bertz CT molecular complexity index is 1290. The molecule has 0 bridgehead atoms. The zero-order valence-corrected chi connectivity index (χ0v) is 18.6. The van der Waals surface area contributed by atoms with Gasteiger partial charge in [-0.25, -0.2) is 14.2 Å². The molecule has 4 aromatic rings. The van der Waals surface area contributed by atoms with Crippen molar-refractivity contribution >= 4 is 35.7 Å². The second-order valence-electron chi connectivity index (χ2n) is 7.07. The van der Waals surface area contributed by atoms with Crippen molar-refractivity contribution in [2.45, 2.75) is 0 Å². The minimum atomic E-state index is -0.407. The van der Waals surface area contributed by atoms with Crippen LogP contribution in [0.1, 0.15) is 11.1 Å². The van der Waals surface area contributed by atoms with Gasteiger partial charge in [-0.15, -0.1) is 0 Å². The molecule has 1 aromatic heterocycles. The van der Waals surface area contributed by atoms with Gasteiger partial charge in [0, 0.05) is 17.2 Å². The van der Waals surface area contributed by atoms with Crippen LogP contribution in [0, 0.1) is 11.6 Å². The highest BCUT2D eigenvalue weighted by Crippen LogP contribution is 2.27. The van der Waals surface area contributed by atoms with Crippen LogP contribution in [0.3, 0.4) is 0 Å². The van der Waals surface area contributed by atoms with Gasteiger partial charge in [0.15, 0.2) is 5.82 Å². The molecule has 0 saturated heterocycles. The molecule has 0 aliphatic carbocycles. The topological polar surface area (TPSA) is 95.8 Å². The maximum atomic E-state index is 13.8. The predicted octanol–water partition coefficient (Wildman–Crippen LogP) is 5.40. The zero-order valence-electron chi connectivity index (χ0n) is 18.6. The Balaban J connectivity index is 1.58. The Morgan fingerprint density at radius 3 is 1.97 bits per heavy atom. The van der Waals surface area contributed by atoms with Crippen LogP contribution in [0.2, 0.25) is 0 Å². The summed E-state index contributed by atoms with van der Waals surface area (Å²) in [4.78, 5) is 8.70. The number of hydrogen-bond acceptors (Lipinski definition) is 8. The minimum Gasteiger partial charge on any atom is -0.495 e. The molecule has 0 atom stereocenters. The van der Waals surface area contributed by atoms with Crippen molar-refractivity contribution in [2.24, 2.45) is 10.2 Å². The average molecular weight is 473 g/mol. The molecule has 8 nitrogen and oxygen atoms in total. The summed E-state index contributed by atoms with van der Waals surface area (Å²) in [5, 5.41) is 11.2. The number of benzene rings is 3. The van der Waals surface area contributed by atoms with E-state index in [0.717, 1.165) is 0 Å². The van der Waals surface area contributed by atoms with Gasteiger partial charge in [-0.2, -0.15) is 20.2 Å². The molecule has 35 heavy (non-hydrogen) atoms. The maximum absolute atomic E-state index is 13.8. The van der Waals surface area contributed by atoms with E-state index in [9.17, 15) is 8.78 Å². The van der Waals surface area contributed by atoms with E-state index in [-0.39, 0.29) is 5.95 Å². The third-order valence-electron chi connectivity index (χ3n) is 4.66. The van der Waals surface area contributed by atoms with E-state index in [1.807, 2.05) is 18.2 Å². The molecule has 3 N–H and O–H groups in total. The van der Waals surface area contributed by atoms with Crippen molar-refractivity contribution in [3.05, 3.63) is 102 Å². The van der Waals surface area contributed by atoms with Gasteiger partial charge in [0.25, 0.3) is 0 Å². The maximum Gasteiger partial charge on any atom is 0.247 e. The SMILES string of the molecule is COc1ccccc1Nc1cc(NN=Cc2ccccc2F)nc(NN=Cc2ccccc2F)n1. The first kappa shape index (κ1) is 23.3. The van der Waals surface area contributed by atoms with Crippen molar-refractivity contribution in [2.75, 3.05) is 23.3 Å². The van der Waals surface area contributed by atoms with E-state index in [1.165, 1.54) is 24.6 Å². The molecule has 0 aliphatic heterocycles. The van der Waals surface area contributed by atoms with Crippen molar-refractivity contribution in [3.63, 3.8) is 0 Å². The molecule has 0 aliphatic rings. The Labute approximate surface area is 200 Å². The van der Waals surface area contributed by atoms with Crippen molar-refractivity contribution < 1.29 is 13.5 Å². The van der Waals surface area contributed by atoms with Crippen molar-refractivity contribution in [1.82, 2.24) is 9.97 Å². The molecule has 0 fully saturated rings. The molecule has 176 valence electrons. The fraction of sp³-hybridized carbons (Fsp3) is 0.0400. The third kappa shape index (κ3) is 6.35. The van der Waals surface area contributed by atoms with Crippen LogP contribution >= 0.6 is 0 Å². The van der Waals surface area contributed by atoms with Crippen LogP contribution in [0.25, 0.3) is 0 Å². The molecule has 0 spiro atoms. The molecule has 4 rings (SSSR count). The largest absolute Gasteiger partial charge is 0.495 e. The highest BCUT2D eigenvalue weighted by Gasteiger charge is 2.08. The first-order chi connectivity index (χ1) is 17.1. The molecule has 1 heterocycles. The summed E-state index contributed by atoms with van der Waals surface area (Å²) in [7, 11) is 1.56. The molecule has 0 unspecified atom stereocenters. The van der Waals surface area contributed by atoms with E-state index in [2.05, 4.69) is 36.3 Å². The van der Waals surface area contributed by atoms with Gasteiger partial charge >= 0.3 is 0 Å². The normalized spacial score (nSPS) is 11.1. The number of nitrogens with one attached hydrogen (secondary N) is 3. The van der Waals surface area contributed by atoms with Crippen LogP contribution in [-0.2, 0) is 0 Å². The molecule has 10 heteroatoms. The van der Waals surface area contributed by atoms with Gasteiger partial charge in [-0.1, -0.05) is 48.5 Å². The third-order valence-corrected chi connectivity index (χ3v) is 4.66. The average Bonchev–Trinajstić information content (AvgIpc) is 2.87. The first-order valence-corrected chi connectivity index (χ1v) is 10.5. The van der Waals surface area contributed by atoms with Crippen LogP contribution < -0.4 is 20.9 Å².